The maximum Gasteiger partial charge on any atom is 0.306 e. The van der Waals surface area contributed by atoms with Gasteiger partial charge in [-0.3, -0.25) is 9.59 Å². The lowest BCUT2D eigenvalue weighted by Gasteiger charge is -2.15. The van der Waals surface area contributed by atoms with Crippen LogP contribution in [0.2, 0.25) is 0 Å². The molecular weight excluding hydrogens is 837 g/mol. The first-order valence-electron chi connectivity index (χ1n) is 31.6. The van der Waals surface area contributed by atoms with Crippen molar-refractivity contribution in [3.63, 3.8) is 0 Å². The minimum atomic E-state index is -0.764. The summed E-state index contributed by atoms with van der Waals surface area (Å²) < 4.78 is 10.7. The first-order valence-corrected chi connectivity index (χ1v) is 31.6. The SMILES string of the molecule is CCCCCCCCCCCCCCCCCCCCCCCCCCCCCCCCCCCCC(=O)OC(CO)COC(=O)CCCCCCCCCCCCCCCCCCCCCC. The first-order chi connectivity index (χ1) is 33.6. The molecule has 0 rings (SSSR count). The molecule has 0 spiro atoms. The van der Waals surface area contributed by atoms with Gasteiger partial charge in [0.1, 0.15) is 6.61 Å². The third-order valence-corrected chi connectivity index (χ3v) is 14.9. The summed E-state index contributed by atoms with van der Waals surface area (Å²) >= 11 is 0. The molecule has 0 saturated heterocycles. The first kappa shape index (κ1) is 66.9. The van der Waals surface area contributed by atoms with E-state index < -0.39 is 6.10 Å². The predicted molar refractivity (Wildman–Crippen MR) is 298 cm³/mol. The van der Waals surface area contributed by atoms with E-state index in [4.69, 9.17) is 9.47 Å². The maximum absolute atomic E-state index is 12.3. The standard InChI is InChI=1S/C63H124O5/c1-3-5-7-9-11-13-15-17-19-21-23-25-26-27-28-29-30-31-32-33-34-35-36-37-38-40-42-44-46-48-50-52-54-56-58-63(66)68-61(59-64)60-67-62(65)57-55-53-51-49-47-45-43-41-39-24-22-20-18-16-14-12-10-8-6-4-2/h61,64H,3-60H2,1-2H3. The third-order valence-electron chi connectivity index (χ3n) is 14.9. The highest BCUT2D eigenvalue weighted by molar-refractivity contribution is 5.70. The topological polar surface area (TPSA) is 72.8 Å². The van der Waals surface area contributed by atoms with Crippen molar-refractivity contribution in [3.05, 3.63) is 0 Å². The number of rotatable bonds is 60. The van der Waals surface area contributed by atoms with Gasteiger partial charge in [-0.1, -0.05) is 348 Å². The van der Waals surface area contributed by atoms with E-state index in [0.29, 0.717) is 12.8 Å². The van der Waals surface area contributed by atoms with Crippen LogP contribution < -0.4 is 0 Å². The van der Waals surface area contributed by atoms with Gasteiger partial charge in [-0.25, -0.2) is 0 Å². The van der Waals surface area contributed by atoms with E-state index in [2.05, 4.69) is 13.8 Å². The molecule has 0 aliphatic carbocycles. The van der Waals surface area contributed by atoms with Crippen molar-refractivity contribution in [1.82, 2.24) is 0 Å². The fourth-order valence-electron chi connectivity index (χ4n) is 10.2. The molecular formula is C63H124O5. The molecule has 68 heavy (non-hydrogen) atoms. The van der Waals surface area contributed by atoms with Gasteiger partial charge in [-0.05, 0) is 12.8 Å². The molecule has 5 nitrogen and oxygen atoms in total. The summed E-state index contributed by atoms with van der Waals surface area (Å²) in [6, 6.07) is 0. The highest BCUT2D eigenvalue weighted by Gasteiger charge is 2.16. The minimum absolute atomic E-state index is 0.0556. The summed E-state index contributed by atoms with van der Waals surface area (Å²) in [4.78, 5) is 24.5. The Hall–Kier alpha value is -1.10. The van der Waals surface area contributed by atoms with Gasteiger partial charge < -0.3 is 14.6 Å². The molecule has 0 amide bonds. The number of carbonyl (C=O) groups excluding carboxylic acids is 2. The highest BCUT2D eigenvalue weighted by atomic mass is 16.6. The molecule has 0 aromatic carbocycles. The molecule has 0 heterocycles. The average Bonchev–Trinajstić information content (AvgIpc) is 3.34. The Kier molecular flexibility index (Phi) is 59.2. The fourth-order valence-corrected chi connectivity index (χ4v) is 10.2. The second kappa shape index (κ2) is 60.2. The van der Waals surface area contributed by atoms with Gasteiger partial charge in [-0.15, -0.1) is 0 Å². The fraction of sp³-hybridized carbons (Fsp3) is 0.968. The summed E-state index contributed by atoms with van der Waals surface area (Å²) in [6.07, 6.45) is 74.1. The van der Waals surface area contributed by atoms with Gasteiger partial charge in [0, 0.05) is 12.8 Å². The number of aliphatic hydroxyl groups is 1. The van der Waals surface area contributed by atoms with E-state index >= 15 is 0 Å². The normalized spacial score (nSPS) is 12.0. The summed E-state index contributed by atoms with van der Waals surface area (Å²) in [5, 5.41) is 9.67. The van der Waals surface area contributed by atoms with Crippen LogP contribution in [-0.4, -0.2) is 36.4 Å². The Morgan fingerprint density at radius 3 is 0.647 bits per heavy atom. The molecule has 0 fully saturated rings. The molecule has 0 aliphatic rings. The Morgan fingerprint density at radius 2 is 0.456 bits per heavy atom. The predicted octanol–water partition coefficient (Wildman–Crippen LogP) is 21.3. The number of ether oxygens (including phenoxy) is 2. The lowest BCUT2D eigenvalue weighted by molar-refractivity contribution is -0.161. The minimum Gasteiger partial charge on any atom is -0.462 e. The van der Waals surface area contributed by atoms with Gasteiger partial charge in [0.05, 0.1) is 6.61 Å². The van der Waals surface area contributed by atoms with Gasteiger partial charge >= 0.3 is 11.9 Å². The quantitative estimate of drug-likeness (QED) is 0.0486. The summed E-state index contributed by atoms with van der Waals surface area (Å²) in [7, 11) is 0. The van der Waals surface area contributed by atoms with Crippen LogP contribution in [0.3, 0.4) is 0 Å². The smallest absolute Gasteiger partial charge is 0.306 e. The molecule has 5 heteroatoms. The Bertz CT molecular complexity index is 952. The summed E-state index contributed by atoms with van der Waals surface area (Å²) in [5.41, 5.74) is 0. The van der Waals surface area contributed by atoms with Crippen molar-refractivity contribution in [2.75, 3.05) is 13.2 Å². The van der Waals surface area contributed by atoms with Crippen molar-refractivity contribution >= 4 is 11.9 Å². The van der Waals surface area contributed by atoms with E-state index in [1.807, 2.05) is 0 Å². The number of hydrogen-bond donors (Lipinski definition) is 1. The van der Waals surface area contributed by atoms with E-state index in [1.165, 1.54) is 315 Å². The molecule has 0 aliphatic heterocycles. The molecule has 0 aromatic rings. The second-order valence-corrected chi connectivity index (χ2v) is 21.9. The molecule has 0 saturated carbocycles. The average molecular weight is 962 g/mol. The van der Waals surface area contributed by atoms with Gasteiger partial charge in [0.2, 0.25) is 0 Å². The highest BCUT2D eigenvalue weighted by Crippen LogP contribution is 2.19. The van der Waals surface area contributed by atoms with Gasteiger partial charge in [-0.2, -0.15) is 0 Å². The zero-order valence-electron chi connectivity index (χ0n) is 46.7. The van der Waals surface area contributed by atoms with Crippen molar-refractivity contribution in [2.45, 2.75) is 380 Å². The van der Waals surface area contributed by atoms with Crippen LogP contribution in [0, 0.1) is 0 Å². The zero-order valence-corrected chi connectivity index (χ0v) is 46.7. The molecule has 1 unspecified atom stereocenters. The van der Waals surface area contributed by atoms with E-state index in [0.717, 1.165) is 32.1 Å². The number of esters is 2. The van der Waals surface area contributed by atoms with E-state index in [9.17, 15) is 14.7 Å². The van der Waals surface area contributed by atoms with Crippen LogP contribution in [0.5, 0.6) is 0 Å². The van der Waals surface area contributed by atoms with Crippen molar-refractivity contribution in [3.8, 4) is 0 Å². The number of carbonyl (C=O) groups is 2. The number of hydrogen-bond acceptors (Lipinski definition) is 5. The van der Waals surface area contributed by atoms with Crippen LogP contribution in [0.4, 0.5) is 0 Å². The van der Waals surface area contributed by atoms with Crippen molar-refractivity contribution < 1.29 is 24.2 Å². The van der Waals surface area contributed by atoms with Crippen LogP contribution in [0.15, 0.2) is 0 Å². The van der Waals surface area contributed by atoms with Crippen molar-refractivity contribution in [1.29, 1.82) is 0 Å². The summed E-state index contributed by atoms with van der Waals surface area (Å²) in [6.45, 7) is 4.22. The van der Waals surface area contributed by atoms with Crippen LogP contribution in [0.1, 0.15) is 373 Å². The van der Waals surface area contributed by atoms with Gasteiger partial charge in [0.25, 0.3) is 0 Å². The van der Waals surface area contributed by atoms with Crippen LogP contribution in [-0.2, 0) is 19.1 Å². The van der Waals surface area contributed by atoms with Crippen molar-refractivity contribution in [2.24, 2.45) is 0 Å². The molecule has 0 radical (unpaired) electrons. The third kappa shape index (κ3) is 57.5. The monoisotopic (exact) mass is 961 g/mol. The Balaban J connectivity index is 3.35. The van der Waals surface area contributed by atoms with Gasteiger partial charge in [0.15, 0.2) is 6.10 Å². The Morgan fingerprint density at radius 1 is 0.279 bits per heavy atom. The zero-order chi connectivity index (χ0) is 49.2. The van der Waals surface area contributed by atoms with Crippen LogP contribution in [0.25, 0.3) is 0 Å². The molecule has 0 aromatic heterocycles. The summed E-state index contributed by atoms with van der Waals surface area (Å²) in [5.74, 6) is -0.562. The lowest BCUT2D eigenvalue weighted by Crippen LogP contribution is -2.28. The second-order valence-electron chi connectivity index (χ2n) is 21.9. The lowest BCUT2D eigenvalue weighted by atomic mass is 10.0. The molecule has 406 valence electrons. The Labute approximate surface area is 427 Å². The number of aliphatic hydroxyl groups excluding tert-OH is 1. The van der Waals surface area contributed by atoms with Crippen LogP contribution >= 0.6 is 0 Å². The van der Waals surface area contributed by atoms with E-state index in [-0.39, 0.29) is 25.2 Å². The molecule has 1 atom stereocenters. The molecule has 1 N–H and O–H groups in total. The van der Waals surface area contributed by atoms with E-state index in [1.54, 1.807) is 0 Å². The number of unbranched alkanes of at least 4 members (excludes halogenated alkanes) is 52. The maximum atomic E-state index is 12.3. The molecule has 0 bridgehead atoms. The largest absolute Gasteiger partial charge is 0.462 e.